The highest BCUT2D eigenvalue weighted by atomic mass is 32.1. The molecule has 0 radical (unpaired) electrons. The van der Waals surface area contributed by atoms with Crippen molar-refractivity contribution in [3.05, 3.63) is 91.8 Å². The summed E-state index contributed by atoms with van der Waals surface area (Å²) in [5, 5.41) is 2.30. The van der Waals surface area contributed by atoms with Crippen molar-refractivity contribution in [1.29, 1.82) is 0 Å². The molecule has 0 aliphatic heterocycles. The fourth-order valence-corrected chi connectivity index (χ4v) is 3.90. The van der Waals surface area contributed by atoms with Gasteiger partial charge in [0, 0.05) is 10.6 Å². The van der Waals surface area contributed by atoms with Gasteiger partial charge in [-0.1, -0.05) is 18.2 Å². The number of carbonyl (C=O) groups is 1. The first-order valence-corrected chi connectivity index (χ1v) is 10.1. The van der Waals surface area contributed by atoms with Crippen molar-refractivity contribution < 1.29 is 9.53 Å². The maximum atomic E-state index is 13.2. The van der Waals surface area contributed by atoms with Crippen molar-refractivity contribution >= 4 is 33.8 Å². The number of fused-ring (bicyclic) bond motifs is 1. The molecule has 2 aromatic carbocycles. The summed E-state index contributed by atoms with van der Waals surface area (Å²) in [6.45, 7) is -0.0283. The number of amides is 1. The Balaban J connectivity index is 1.70. The van der Waals surface area contributed by atoms with Gasteiger partial charge in [-0.2, -0.15) is 0 Å². The first-order valence-electron chi connectivity index (χ1n) is 9.25. The molecule has 0 spiro atoms. The quantitative estimate of drug-likeness (QED) is 0.519. The number of methoxy groups -OCH3 is 1. The lowest BCUT2D eigenvalue weighted by Crippen LogP contribution is -2.42. The Labute approximate surface area is 175 Å². The third-order valence-electron chi connectivity index (χ3n) is 4.76. The van der Waals surface area contributed by atoms with Crippen LogP contribution in [0.15, 0.2) is 75.6 Å². The van der Waals surface area contributed by atoms with Crippen molar-refractivity contribution in [3.8, 4) is 5.75 Å². The molecule has 2 heterocycles. The molecule has 152 valence electrons. The summed E-state index contributed by atoms with van der Waals surface area (Å²) in [5.74, 6) is 0.306. The Morgan fingerprint density at radius 2 is 1.83 bits per heavy atom. The summed E-state index contributed by atoms with van der Waals surface area (Å²) >= 11 is 1.53. The molecule has 0 bridgehead atoms. The summed E-state index contributed by atoms with van der Waals surface area (Å²) in [7, 11) is 1.57. The fraction of sp³-hybridized carbons (Fsp3) is 0.136. The van der Waals surface area contributed by atoms with Gasteiger partial charge in [-0.15, -0.1) is 11.3 Å². The van der Waals surface area contributed by atoms with Crippen LogP contribution >= 0.6 is 11.3 Å². The minimum atomic E-state index is -0.613. The largest absolute Gasteiger partial charge is 0.497 e. The number of nitrogens with one attached hydrogen (secondary N) is 1. The molecule has 0 fully saturated rings. The molecule has 0 saturated carbocycles. The van der Waals surface area contributed by atoms with Gasteiger partial charge in [-0.25, -0.2) is 4.79 Å². The highest BCUT2D eigenvalue weighted by molar-refractivity contribution is 7.09. The first-order chi connectivity index (χ1) is 14.6. The monoisotopic (exact) mass is 421 g/mol. The van der Waals surface area contributed by atoms with Gasteiger partial charge < -0.3 is 14.6 Å². The lowest BCUT2D eigenvalue weighted by atomic mass is 10.2. The fourth-order valence-electron chi connectivity index (χ4n) is 3.21. The molecule has 2 aromatic heterocycles. The van der Waals surface area contributed by atoms with Gasteiger partial charge in [-0.3, -0.25) is 14.2 Å². The number of hydrogen-bond donors (Lipinski definition) is 1. The number of H-pyrrole nitrogens is 1. The predicted octanol–water partition coefficient (Wildman–Crippen LogP) is 2.99. The topological polar surface area (TPSA) is 84.4 Å². The van der Waals surface area contributed by atoms with Gasteiger partial charge in [0.1, 0.15) is 12.3 Å². The normalized spacial score (nSPS) is 10.8. The van der Waals surface area contributed by atoms with Gasteiger partial charge in [0.2, 0.25) is 5.91 Å². The summed E-state index contributed by atoms with van der Waals surface area (Å²) in [5.41, 5.74) is -0.00683. The molecule has 7 nitrogen and oxygen atoms in total. The summed E-state index contributed by atoms with van der Waals surface area (Å²) in [6, 6.07) is 17.7. The lowest BCUT2D eigenvalue weighted by Gasteiger charge is -2.23. The van der Waals surface area contributed by atoms with E-state index in [2.05, 4.69) is 4.98 Å². The highest BCUT2D eigenvalue weighted by Gasteiger charge is 2.20. The van der Waals surface area contributed by atoms with E-state index in [0.717, 1.165) is 9.44 Å². The van der Waals surface area contributed by atoms with Crippen molar-refractivity contribution in [2.45, 2.75) is 13.1 Å². The summed E-state index contributed by atoms with van der Waals surface area (Å²) < 4.78 is 6.13. The van der Waals surface area contributed by atoms with E-state index in [9.17, 15) is 14.4 Å². The van der Waals surface area contributed by atoms with Gasteiger partial charge in [0.05, 0.1) is 24.6 Å². The molecule has 0 atom stereocenters. The van der Waals surface area contributed by atoms with Crippen LogP contribution in [-0.2, 0) is 17.9 Å². The van der Waals surface area contributed by atoms with Gasteiger partial charge in [0.15, 0.2) is 0 Å². The van der Waals surface area contributed by atoms with Crippen LogP contribution in [0.1, 0.15) is 4.88 Å². The number of aromatic nitrogens is 2. The van der Waals surface area contributed by atoms with Crippen molar-refractivity contribution in [3.63, 3.8) is 0 Å². The van der Waals surface area contributed by atoms with E-state index >= 15 is 0 Å². The number of para-hydroxylation sites is 1. The van der Waals surface area contributed by atoms with E-state index in [1.165, 1.54) is 11.3 Å². The van der Waals surface area contributed by atoms with Crippen molar-refractivity contribution in [2.75, 3.05) is 12.0 Å². The Hall–Kier alpha value is -3.65. The number of anilines is 1. The molecule has 30 heavy (non-hydrogen) atoms. The van der Waals surface area contributed by atoms with Crippen LogP contribution in [0.25, 0.3) is 10.9 Å². The molecular weight excluding hydrogens is 402 g/mol. The average molecular weight is 421 g/mol. The SMILES string of the molecule is COc1ccc(N(Cc2cccs2)C(=O)Cn2c(=O)[nH]c3ccccc3c2=O)cc1. The smallest absolute Gasteiger partial charge is 0.329 e. The minimum Gasteiger partial charge on any atom is -0.497 e. The molecule has 4 rings (SSSR count). The molecule has 0 aliphatic rings. The maximum Gasteiger partial charge on any atom is 0.329 e. The van der Waals surface area contributed by atoms with Gasteiger partial charge in [0.25, 0.3) is 5.56 Å². The van der Waals surface area contributed by atoms with Gasteiger partial charge in [-0.05, 0) is 47.8 Å². The van der Waals surface area contributed by atoms with E-state index in [1.54, 1.807) is 60.5 Å². The average Bonchev–Trinajstić information content (AvgIpc) is 3.28. The maximum absolute atomic E-state index is 13.2. The number of benzene rings is 2. The third kappa shape index (κ3) is 3.90. The van der Waals surface area contributed by atoms with E-state index in [1.807, 2.05) is 17.5 Å². The molecular formula is C22H19N3O4S. The van der Waals surface area contributed by atoms with Crippen LogP contribution in [0.4, 0.5) is 5.69 Å². The number of rotatable bonds is 6. The second-order valence-electron chi connectivity index (χ2n) is 6.62. The molecule has 0 aliphatic carbocycles. The minimum absolute atomic E-state index is 0.336. The highest BCUT2D eigenvalue weighted by Crippen LogP contribution is 2.23. The van der Waals surface area contributed by atoms with Crippen LogP contribution in [0.5, 0.6) is 5.75 Å². The van der Waals surface area contributed by atoms with Crippen LogP contribution in [-0.4, -0.2) is 22.6 Å². The molecule has 0 saturated heterocycles. The lowest BCUT2D eigenvalue weighted by molar-refractivity contribution is -0.119. The van der Waals surface area contributed by atoms with E-state index < -0.39 is 11.2 Å². The Kier molecular flexibility index (Phi) is 5.49. The zero-order valence-corrected chi connectivity index (χ0v) is 17.0. The Bertz CT molecular complexity index is 1290. The Morgan fingerprint density at radius 1 is 1.07 bits per heavy atom. The number of nitrogens with zero attached hydrogens (tertiary/aromatic N) is 2. The number of aromatic amines is 1. The standard InChI is InChI=1S/C22H19N3O4S/c1-29-16-10-8-15(9-11-16)24(13-17-5-4-12-30-17)20(26)14-25-21(27)18-6-2-3-7-19(18)23-22(25)28/h2-12H,13-14H2,1H3,(H,23,28). The zero-order valence-electron chi connectivity index (χ0n) is 16.2. The molecule has 1 N–H and O–H groups in total. The van der Waals surface area contributed by atoms with Gasteiger partial charge >= 0.3 is 5.69 Å². The summed E-state index contributed by atoms with van der Waals surface area (Å²) in [6.07, 6.45) is 0. The molecule has 4 aromatic rings. The first kappa shape index (κ1) is 19.7. The Morgan fingerprint density at radius 3 is 2.53 bits per heavy atom. The van der Waals surface area contributed by atoms with Crippen LogP contribution < -0.4 is 20.9 Å². The second-order valence-corrected chi connectivity index (χ2v) is 7.66. The molecule has 1 amide bonds. The zero-order chi connectivity index (χ0) is 21.1. The second kappa shape index (κ2) is 8.38. The predicted molar refractivity (Wildman–Crippen MR) is 117 cm³/mol. The van der Waals surface area contributed by atoms with Crippen LogP contribution in [0.3, 0.4) is 0 Å². The van der Waals surface area contributed by atoms with Crippen molar-refractivity contribution in [1.82, 2.24) is 9.55 Å². The number of hydrogen-bond acceptors (Lipinski definition) is 5. The van der Waals surface area contributed by atoms with E-state index in [4.69, 9.17) is 4.74 Å². The van der Waals surface area contributed by atoms with E-state index in [0.29, 0.717) is 28.9 Å². The van der Waals surface area contributed by atoms with Crippen LogP contribution in [0.2, 0.25) is 0 Å². The molecule has 0 unspecified atom stereocenters. The number of carbonyl (C=O) groups excluding carboxylic acids is 1. The number of ether oxygens (including phenoxy) is 1. The number of thiophene rings is 1. The van der Waals surface area contributed by atoms with E-state index in [-0.39, 0.29) is 12.5 Å². The third-order valence-corrected chi connectivity index (χ3v) is 5.62. The summed E-state index contributed by atoms with van der Waals surface area (Å²) in [4.78, 5) is 43.7. The van der Waals surface area contributed by atoms with Crippen LogP contribution in [0, 0.1) is 0 Å². The van der Waals surface area contributed by atoms with Crippen molar-refractivity contribution in [2.24, 2.45) is 0 Å². The molecule has 8 heteroatoms.